The first-order chi connectivity index (χ1) is 10.2. The smallest absolute Gasteiger partial charge is 0.127 e. The third-order valence-electron chi connectivity index (χ3n) is 4.17. The molecule has 0 amide bonds. The van der Waals surface area contributed by atoms with Crippen LogP contribution >= 0.6 is 0 Å². The molecule has 1 aliphatic heterocycles. The Morgan fingerprint density at radius 2 is 2.10 bits per heavy atom. The Morgan fingerprint density at radius 3 is 2.67 bits per heavy atom. The Labute approximate surface area is 127 Å². The van der Waals surface area contributed by atoms with Crippen molar-refractivity contribution < 1.29 is 14.2 Å². The van der Waals surface area contributed by atoms with Crippen LogP contribution in [0, 0.1) is 0 Å². The maximum Gasteiger partial charge on any atom is 0.127 e. The van der Waals surface area contributed by atoms with E-state index in [9.17, 15) is 0 Å². The van der Waals surface area contributed by atoms with Gasteiger partial charge in [-0.15, -0.1) is 0 Å². The first-order valence-corrected chi connectivity index (χ1v) is 7.36. The van der Waals surface area contributed by atoms with Crippen LogP contribution in [0.15, 0.2) is 18.2 Å². The molecule has 5 heteroatoms. The van der Waals surface area contributed by atoms with Crippen LogP contribution in [0.4, 0.5) is 0 Å². The van der Waals surface area contributed by atoms with Crippen LogP contribution in [-0.4, -0.2) is 59.0 Å². The Hall–Kier alpha value is -1.30. The molecule has 2 atom stereocenters. The number of likely N-dealkylation sites (N-methyl/N-ethyl adjacent to an activating group) is 1. The van der Waals surface area contributed by atoms with E-state index in [4.69, 9.17) is 14.2 Å². The number of methoxy groups -OCH3 is 3. The van der Waals surface area contributed by atoms with Crippen LogP contribution in [0.5, 0.6) is 11.5 Å². The van der Waals surface area contributed by atoms with Gasteiger partial charge in [0.2, 0.25) is 0 Å². The van der Waals surface area contributed by atoms with Crippen molar-refractivity contribution in [2.45, 2.75) is 18.6 Å². The van der Waals surface area contributed by atoms with E-state index in [0.29, 0.717) is 6.10 Å². The second-order valence-electron chi connectivity index (χ2n) is 5.36. The molecule has 0 radical (unpaired) electrons. The number of ether oxygens (including phenoxy) is 3. The quantitative estimate of drug-likeness (QED) is 0.829. The Kier molecular flexibility index (Phi) is 5.85. The van der Waals surface area contributed by atoms with E-state index in [1.807, 2.05) is 19.2 Å². The molecule has 1 heterocycles. The molecule has 118 valence electrons. The highest BCUT2D eigenvalue weighted by atomic mass is 16.5. The van der Waals surface area contributed by atoms with Gasteiger partial charge in [0.15, 0.2) is 0 Å². The number of hydrogen-bond acceptors (Lipinski definition) is 5. The van der Waals surface area contributed by atoms with Gasteiger partial charge in [-0.3, -0.25) is 4.90 Å². The van der Waals surface area contributed by atoms with Crippen molar-refractivity contribution in [1.29, 1.82) is 0 Å². The van der Waals surface area contributed by atoms with Crippen LogP contribution in [0.2, 0.25) is 0 Å². The summed E-state index contributed by atoms with van der Waals surface area (Å²) in [5.74, 6) is 1.67. The number of nitrogens with one attached hydrogen (secondary N) is 1. The molecule has 1 saturated heterocycles. The second-order valence-corrected chi connectivity index (χ2v) is 5.36. The van der Waals surface area contributed by atoms with Crippen molar-refractivity contribution in [3.63, 3.8) is 0 Å². The molecule has 5 nitrogen and oxygen atoms in total. The zero-order valence-electron chi connectivity index (χ0n) is 13.4. The fraction of sp³-hybridized carbons (Fsp3) is 0.625. The van der Waals surface area contributed by atoms with E-state index in [0.717, 1.165) is 43.1 Å². The van der Waals surface area contributed by atoms with Gasteiger partial charge in [-0.05, 0) is 19.5 Å². The fourth-order valence-electron chi connectivity index (χ4n) is 2.86. The maximum absolute atomic E-state index is 5.51. The van der Waals surface area contributed by atoms with Gasteiger partial charge in [-0.1, -0.05) is 6.07 Å². The molecule has 2 unspecified atom stereocenters. The van der Waals surface area contributed by atoms with Crippen molar-refractivity contribution in [3.05, 3.63) is 23.8 Å². The summed E-state index contributed by atoms with van der Waals surface area (Å²) in [6, 6.07) is 6.20. The van der Waals surface area contributed by atoms with Crippen molar-refractivity contribution in [2.75, 3.05) is 48.0 Å². The molecule has 0 saturated carbocycles. The predicted molar refractivity (Wildman–Crippen MR) is 83.2 cm³/mol. The van der Waals surface area contributed by atoms with E-state index in [2.05, 4.69) is 16.3 Å². The van der Waals surface area contributed by atoms with Gasteiger partial charge in [-0.25, -0.2) is 0 Å². The molecule has 1 N–H and O–H groups in total. The van der Waals surface area contributed by atoms with Gasteiger partial charge in [-0.2, -0.15) is 0 Å². The second kappa shape index (κ2) is 7.64. The first-order valence-electron chi connectivity index (χ1n) is 7.36. The molecule has 0 aliphatic carbocycles. The molecule has 1 aliphatic rings. The van der Waals surface area contributed by atoms with Crippen molar-refractivity contribution in [2.24, 2.45) is 0 Å². The largest absolute Gasteiger partial charge is 0.497 e. The average Bonchev–Trinajstić information content (AvgIpc) is 2.99. The summed E-state index contributed by atoms with van der Waals surface area (Å²) < 4.78 is 16.2. The molecule has 1 fully saturated rings. The van der Waals surface area contributed by atoms with E-state index in [-0.39, 0.29) is 6.04 Å². The minimum atomic E-state index is 0.224. The molecule has 2 rings (SSSR count). The van der Waals surface area contributed by atoms with Crippen LogP contribution in [0.1, 0.15) is 18.0 Å². The van der Waals surface area contributed by atoms with E-state index in [1.165, 1.54) is 0 Å². The predicted octanol–water partition coefficient (Wildman–Crippen LogP) is 1.68. The maximum atomic E-state index is 5.51. The first kappa shape index (κ1) is 16.1. The normalized spacial score (nSPS) is 20.5. The molecular weight excluding hydrogens is 268 g/mol. The summed E-state index contributed by atoms with van der Waals surface area (Å²) in [7, 11) is 7.13. The van der Waals surface area contributed by atoms with Gasteiger partial charge in [0.25, 0.3) is 0 Å². The van der Waals surface area contributed by atoms with Gasteiger partial charge in [0, 0.05) is 44.4 Å². The summed E-state index contributed by atoms with van der Waals surface area (Å²) in [4.78, 5) is 2.43. The fourth-order valence-corrected chi connectivity index (χ4v) is 2.86. The molecular formula is C16H26N2O3. The highest BCUT2D eigenvalue weighted by molar-refractivity contribution is 5.42. The van der Waals surface area contributed by atoms with Crippen molar-refractivity contribution in [3.8, 4) is 11.5 Å². The standard InChI is InChI=1S/C16H26N2O3/c1-17-15(11-18-8-7-13(10-18)20-3)14-6-5-12(19-2)9-16(14)21-4/h5-6,9,13,15,17H,7-8,10-11H2,1-4H3. The molecule has 1 aromatic carbocycles. The zero-order chi connectivity index (χ0) is 15.2. The molecule has 0 aromatic heterocycles. The number of likely N-dealkylation sites (tertiary alicyclic amines) is 1. The average molecular weight is 294 g/mol. The van der Waals surface area contributed by atoms with Crippen LogP contribution in [0.3, 0.4) is 0 Å². The highest BCUT2D eigenvalue weighted by Crippen LogP contribution is 2.30. The lowest BCUT2D eigenvalue weighted by Crippen LogP contribution is -2.33. The van der Waals surface area contributed by atoms with Gasteiger partial charge >= 0.3 is 0 Å². The van der Waals surface area contributed by atoms with Gasteiger partial charge in [0.1, 0.15) is 11.5 Å². The summed E-state index contributed by atoms with van der Waals surface area (Å²) in [5, 5.41) is 3.39. The molecule has 0 spiro atoms. The van der Waals surface area contributed by atoms with Crippen LogP contribution in [-0.2, 0) is 4.74 Å². The molecule has 21 heavy (non-hydrogen) atoms. The summed E-state index contributed by atoms with van der Waals surface area (Å²) >= 11 is 0. The van der Waals surface area contributed by atoms with Crippen molar-refractivity contribution >= 4 is 0 Å². The summed E-state index contributed by atoms with van der Waals surface area (Å²) in [6.07, 6.45) is 1.47. The monoisotopic (exact) mass is 294 g/mol. The number of rotatable bonds is 7. The van der Waals surface area contributed by atoms with Gasteiger partial charge in [0.05, 0.1) is 20.3 Å². The molecule has 1 aromatic rings. The van der Waals surface area contributed by atoms with E-state index >= 15 is 0 Å². The van der Waals surface area contributed by atoms with Gasteiger partial charge < -0.3 is 19.5 Å². The SMILES string of the molecule is CNC(CN1CCC(OC)C1)c1ccc(OC)cc1OC. The van der Waals surface area contributed by atoms with Crippen molar-refractivity contribution in [1.82, 2.24) is 10.2 Å². The number of benzene rings is 1. The van der Waals surface area contributed by atoms with Crippen LogP contribution < -0.4 is 14.8 Å². The number of hydrogen-bond donors (Lipinski definition) is 1. The third-order valence-corrected chi connectivity index (χ3v) is 4.17. The lowest BCUT2D eigenvalue weighted by molar-refractivity contribution is 0.107. The summed E-state index contributed by atoms with van der Waals surface area (Å²) in [5.41, 5.74) is 1.15. The minimum Gasteiger partial charge on any atom is -0.497 e. The highest BCUT2D eigenvalue weighted by Gasteiger charge is 2.25. The third kappa shape index (κ3) is 3.87. The molecule has 0 bridgehead atoms. The lowest BCUT2D eigenvalue weighted by Gasteiger charge is -2.25. The Morgan fingerprint density at radius 1 is 1.29 bits per heavy atom. The van der Waals surface area contributed by atoms with E-state index < -0.39 is 0 Å². The lowest BCUT2D eigenvalue weighted by atomic mass is 10.0. The topological polar surface area (TPSA) is 43.0 Å². The van der Waals surface area contributed by atoms with Crippen LogP contribution in [0.25, 0.3) is 0 Å². The Bertz CT molecular complexity index is 453. The van der Waals surface area contributed by atoms with E-state index in [1.54, 1.807) is 21.3 Å². The summed E-state index contributed by atoms with van der Waals surface area (Å²) in [6.45, 7) is 3.02. The number of nitrogens with zero attached hydrogens (tertiary/aromatic N) is 1. The minimum absolute atomic E-state index is 0.224. The zero-order valence-corrected chi connectivity index (χ0v) is 13.4. The Balaban J connectivity index is 2.10.